The molecule has 0 aliphatic carbocycles. The minimum Gasteiger partial charge on any atom is -0.457 e. The number of rotatable bonds is 4. The van der Waals surface area contributed by atoms with E-state index in [0.29, 0.717) is 11.3 Å². The van der Waals surface area contributed by atoms with Crippen molar-refractivity contribution in [2.45, 2.75) is 0 Å². The number of benzene rings is 1. The van der Waals surface area contributed by atoms with Crippen LogP contribution in [-0.2, 0) is 14.3 Å². The van der Waals surface area contributed by atoms with Crippen LogP contribution in [0, 0.1) is 11.3 Å². The third kappa shape index (κ3) is 3.91. The molecular formula is C18H11N3O6. The van der Waals surface area contributed by atoms with Crippen molar-refractivity contribution in [3.05, 3.63) is 53.3 Å². The Hall–Kier alpha value is -4.19. The van der Waals surface area contributed by atoms with Crippen LogP contribution < -0.4 is 10.6 Å². The van der Waals surface area contributed by atoms with E-state index in [-0.39, 0.29) is 23.5 Å². The Labute approximate surface area is 152 Å². The number of hydrogen-bond acceptors (Lipinski definition) is 7. The first kappa shape index (κ1) is 17.6. The Balaban J connectivity index is 1.78. The van der Waals surface area contributed by atoms with Crippen molar-refractivity contribution in [1.82, 2.24) is 10.6 Å². The van der Waals surface area contributed by atoms with Crippen LogP contribution in [0.25, 0.3) is 17.4 Å². The molecule has 9 heteroatoms. The zero-order chi connectivity index (χ0) is 19.4. The summed E-state index contributed by atoms with van der Waals surface area (Å²) in [4.78, 5) is 46.1. The second-order valence-corrected chi connectivity index (χ2v) is 5.31. The molecule has 0 atom stereocenters. The molecule has 1 aliphatic heterocycles. The van der Waals surface area contributed by atoms with E-state index < -0.39 is 23.8 Å². The number of nitrogens with zero attached hydrogens (tertiary/aromatic N) is 1. The Morgan fingerprint density at radius 3 is 2.37 bits per heavy atom. The number of hydrogen-bond donors (Lipinski definition) is 2. The molecule has 134 valence electrons. The number of barbiturate groups is 1. The Morgan fingerprint density at radius 2 is 1.74 bits per heavy atom. The monoisotopic (exact) mass is 365 g/mol. The number of imide groups is 2. The number of carbonyl (C=O) groups is 4. The highest BCUT2D eigenvalue weighted by Gasteiger charge is 2.28. The van der Waals surface area contributed by atoms with Gasteiger partial charge in [0.25, 0.3) is 11.8 Å². The van der Waals surface area contributed by atoms with E-state index >= 15 is 0 Å². The van der Waals surface area contributed by atoms with Crippen LogP contribution in [-0.4, -0.2) is 30.4 Å². The number of furan rings is 1. The van der Waals surface area contributed by atoms with Crippen LogP contribution in [0.1, 0.15) is 16.1 Å². The van der Waals surface area contributed by atoms with E-state index in [2.05, 4.69) is 0 Å². The van der Waals surface area contributed by atoms with Crippen molar-refractivity contribution in [3.63, 3.8) is 0 Å². The molecule has 9 nitrogen and oxygen atoms in total. The fourth-order valence-corrected chi connectivity index (χ4v) is 2.29. The summed E-state index contributed by atoms with van der Waals surface area (Å²) in [7, 11) is 0. The number of esters is 1. The lowest BCUT2D eigenvalue weighted by molar-refractivity contribution is -0.123. The maximum Gasteiger partial charge on any atom is 0.339 e. The van der Waals surface area contributed by atoms with Gasteiger partial charge in [0.2, 0.25) is 0 Å². The minimum absolute atomic E-state index is 0.233. The van der Waals surface area contributed by atoms with E-state index in [4.69, 9.17) is 14.4 Å². The first-order valence-electron chi connectivity index (χ1n) is 7.60. The van der Waals surface area contributed by atoms with Crippen LogP contribution in [0.3, 0.4) is 0 Å². The van der Waals surface area contributed by atoms with E-state index in [0.717, 1.165) is 0 Å². The normalized spacial score (nSPS) is 13.4. The quantitative estimate of drug-likeness (QED) is 0.474. The van der Waals surface area contributed by atoms with Gasteiger partial charge in [-0.15, -0.1) is 0 Å². The topological polar surface area (TPSA) is 138 Å². The van der Waals surface area contributed by atoms with Crippen LogP contribution in [0.15, 0.2) is 46.4 Å². The van der Waals surface area contributed by atoms with Gasteiger partial charge < -0.3 is 9.15 Å². The van der Waals surface area contributed by atoms with Gasteiger partial charge in [-0.3, -0.25) is 20.2 Å². The fraction of sp³-hybridized carbons (Fsp3) is 0.0556. The number of amides is 4. The van der Waals surface area contributed by atoms with Crippen molar-refractivity contribution in [1.29, 1.82) is 5.26 Å². The van der Waals surface area contributed by atoms with Gasteiger partial charge in [-0.1, -0.05) is 12.1 Å². The van der Waals surface area contributed by atoms with Crippen LogP contribution in [0.5, 0.6) is 0 Å². The molecule has 1 aliphatic rings. The van der Waals surface area contributed by atoms with Gasteiger partial charge in [-0.25, -0.2) is 9.59 Å². The molecule has 27 heavy (non-hydrogen) atoms. The average molecular weight is 365 g/mol. The van der Waals surface area contributed by atoms with E-state index in [9.17, 15) is 19.2 Å². The predicted molar refractivity (Wildman–Crippen MR) is 89.7 cm³/mol. The average Bonchev–Trinajstić information content (AvgIpc) is 3.11. The molecule has 2 aromatic rings. The zero-order valence-corrected chi connectivity index (χ0v) is 13.6. The SMILES string of the molecule is N#CCOC(=O)c1ccc(-c2ccc(C=C3C(=O)NC(=O)NC3=O)o2)cc1. The molecule has 2 heterocycles. The summed E-state index contributed by atoms with van der Waals surface area (Å²) in [5.74, 6) is -1.58. The van der Waals surface area contributed by atoms with Gasteiger partial charge in [0.15, 0.2) is 6.61 Å². The van der Waals surface area contributed by atoms with Crippen molar-refractivity contribution >= 4 is 29.9 Å². The molecule has 1 aromatic heterocycles. The highest BCUT2D eigenvalue weighted by Crippen LogP contribution is 2.24. The first-order chi connectivity index (χ1) is 13.0. The molecule has 0 unspecified atom stereocenters. The summed E-state index contributed by atoms with van der Waals surface area (Å²) in [5.41, 5.74) is 0.665. The van der Waals surface area contributed by atoms with Gasteiger partial charge in [0.1, 0.15) is 23.2 Å². The van der Waals surface area contributed by atoms with Gasteiger partial charge >= 0.3 is 12.0 Å². The molecule has 0 saturated carbocycles. The molecule has 1 fully saturated rings. The molecular weight excluding hydrogens is 354 g/mol. The van der Waals surface area contributed by atoms with E-state index in [1.54, 1.807) is 30.3 Å². The highest BCUT2D eigenvalue weighted by atomic mass is 16.5. The summed E-state index contributed by atoms with van der Waals surface area (Å²) in [5, 5.41) is 12.3. The van der Waals surface area contributed by atoms with Crippen LogP contribution in [0.2, 0.25) is 0 Å². The van der Waals surface area contributed by atoms with Crippen molar-refractivity contribution in [2.24, 2.45) is 0 Å². The number of nitriles is 1. The Bertz CT molecular complexity index is 988. The summed E-state index contributed by atoms with van der Waals surface area (Å²) >= 11 is 0. The van der Waals surface area contributed by atoms with Crippen LogP contribution in [0.4, 0.5) is 4.79 Å². The maximum absolute atomic E-state index is 11.7. The van der Waals surface area contributed by atoms with E-state index in [1.165, 1.54) is 18.2 Å². The Morgan fingerprint density at radius 1 is 1.07 bits per heavy atom. The first-order valence-corrected chi connectivity index (χ1v) is 7.60. The summed E-state index contributed by atoms with van der Waals surface area (Å²) in [6.45, 7) is -0.330. The van der Waals surface area contributed by atoms with Gasteiger partial charge in [0, 0.05) is 5.56 Å². The molecule has 2 N–H and O–H groups in total. The van der Waals surface area contributed by atoms with Crippen molar-refractivity contribution in [2.75, 3.05) is 6.61 Å². The number of ether oxygens (including phenoxy) is 1. The molecule has 1 aromatic carbocycles. The highest BCUT2D eigenvalue weighted by molar-refractivity contribution is 6.31. The third-order valence-corrected chi connectivity index (χ3v) is 3.53. The van der Waals surface area contributed by atoms with Crippen LogP contribution >= 0.6 is 0 Å². The summed E-state index contributed by atoms with van der Waals surface area (Å²) in [6.07, 6.45) is 1.22. The number of nitrogens with one attached hydrogen (secondary N) is 2. The van der Waals surface area contributed by atoms with Gasteiger partial charge in [0.05, 0.1) is 5.56 Å². The molecule has 0 bridgehead atoms. The summed E-state index contributed by atoms with van der Waals surface area (Å²) in [6, 6.07) is 10.3. The number of urea groups is 1. The van der Waals surface area contributed by atoms with Gasteiger partial charge in [-0.05, 0) is 30.3 Å². The molecule has 0 spiro atoms. The third-order valence-electron chi connectivity index (χ3n) is 3.53. The van der Waals surface area contributed by atoms with Gasteiger partial charge in [-0.2, -0.15) is 5.26 Å². The summed E-state index contributed by atoms with van der Waals surface area (Å²) < 4.78 is 10.3. The lowest BCUT2D eigenvalue weighted by atomic mass is 10.1. The second kappa shape index (κ2) is 7.37. The standard InChI is InChI=1S/C18H11N3O6/c19-7-8-26-17(24)11-3-1-10(2-4-11)14-6-5-12(27-14)9-13-15(22)20-18(25)21-16(13)23/h1-6,9H,8H2,(H2,20,21,22,23,25). The van der Waals surface area contributed by atoms with Crippen molar-refractivity contribution in [3.8, 4) is 17.4 Å². The molecule has 0 radical (unpaired) electrons. The number of carbonyl (C=O) groups excluding carboxylic acids is 4. The fourth-order valence-electron chi connectivity index (χ4n) is 2.29. The largest absolute Gasteiger partial charge is 0.457 e. The Kier molecular flexibility index (Phi) is 4.81. The second-order valence-electron chi connectivity index (χ2n) is 5.31. The zero-order valence-electron chi connectivity index (χ0n) is 13.6. The molecule has 3 rings (SSSR count). The molecule has 1 saturated heterocycles. The minimum atomic E-state index is -0.879. The maximum atomic E-state index is 11.7. The lowest BCUT2D eigenvalue weighted by Crippen LogP contribution is -2.51. The predicted octanol–water partition coefficient (Wildman–Crippen LogP) is 1.38. The van der Waals surface area contributed by atoms with E-state index in [1.807, 2.05) is 10.6 Å². The molecule has 4 amide bonds. The van der Waals surface area contributed by atoms with Crippen molar-refractivity contribution < 1.29 is 28.3 Å². The smallest absolute Gasteiger partial charge is 0.339 e. The lowest BCUT2D eigenvalue weighted by Gasteiger charge is -2.13.